The molecule has 2 aromatic rings. The van der Waals surface area contributed by atoms with Crippen LogP contribution in [0.3, 0.4) is 0 Å². The number of thiophene rings is 1. The van der Waals surface area contributed by atoms with Crippen LogP contribution in [-0.4, -0.2) is 80.7 Å². The van der Waals surface area contributed by atoms with Gasteiger partial charge in [0.25, 0.3) is 12.3 Å². The smallest absolute Gasteiger partial charge is 0.417 e. The van der Waals surface area contributed by atoms with Crippen molar-refractivity contribution in [3.63, 3.8) is 0 Å². The molecule has 4 heterocycles. The maximum atomic E-state index is 13.8. The first-order valence-electron chi connectivity index (χ1n) is 11.5. The van der Waals surface area contributed by atoms with Crippen molar-refractivity contribution in [3.05, 3.63) is 22.6 Å². The van der Waals surface area contributed by atoms with Gasteiger partial charge in [-0.15, -0.1) is 11.3 Å². The number of fused-ring (bicyclic) bond motifs is 1. The number of hydrogen-bond donors (Lipinski definition) is 2. The number of piperidine rings is 1. The Morgan fingerprint density at radius 3 is 2.56 bits per heavy atom. The Labute approximate surface area is 207 Å². The number of amides is 2. The zero-order valence-electron chi connectivity index (χ0n) is 19.4. The van der Waals surface area contributed by atoms with Crippen molar-refractivity contribution in [2.45, 2.75) is 31.5 Å². The van der Waals surface area contributed by atoms with Crippen LogP contribution < -0.4 is 15.5 Å². The Bertz CT molecular complexity index is 1100. The Morgan fingerprint density at radius 2 is 1.94 bits per heavy atom. The van der Waals surface area contributed by atoms with Crippen LogP contribution in [0.2, 0.25) is 0 Å². The predicted molar refractivity (Wildman–Crippen MR) is 124 cm³/mol. The topological polar surface area (TPSA) is 86.8 Å². The number of aromatic nitrogens is 1. The first-order valence-corrected chi connectivity index (χ1v) is 12.3. The highest BCUT2D eigenvalue weighted by atomic mass is 32.1. The molecule has 4 rings (SSSR count). The molecule has 2 aromatic heterocycles. The lowest BCUT2D eigenvalue weighted by Gasteiger charge is -2.39. The number of pyridine rings is 1. The molecule has 198 valence electrons. The molecule has 0 unspecified atom stereocenters. The third-order valence-corrected chi connectivity index (χ3v) is 7.29. The number of ether oxygens (including phenoxy) is 1. The standard InChI is InChI=1S/C22H26F5N5O3S/c1-28-20(33)14-11-36-19-15(22(25,26)27)6-17(30-18(14)19)32-4-2-13(3-5-32)35-21(34)29-7-12-8-31(9-12)10-16(23)24/h6,11-13,16H,2-5,7-10H2,1H3,(H,28,33)(H,29,34). The summed E-state index contributed by atoms with van der Waals surface area (Å²) in [6, 6.07) is 0.996. The third-order valence-electron chi connectivity index (χ3n) is 6.29. The van der Waals surface area contributed by atoms with Crippen LogP contribution in [0.5, 0.6) is 0 Å². The molecule has 2 aliphatic rings. The Balaban J connectivity index is 1.34. The van der Waals surface area contributed by atoms with Gasteiger partial charge in [0.2, 0.25) is 0 Å². The van der Waals surface area contributed by atoms with Gasteiger partial charge in [0.05, 0.1) is 27.9 Å². The van der Waals surface area contributed by atoms with Crippen molar-refractivity contribution in [1.82, 2.24) is 20.5 Å². The first kappa shape index (κ1) is 26.3. The minimum Gasteiger partial charge on any atom is -0.446 e. The van der Waals surface area contributed by atoms with E-state index in [0.29, 0.717) is 45.6 Å². The summed E-state index contributed by atoms with van der Waals surface area (Å²) >= 11 is 0.826. The van der Waals surface area contributed by atoms with Crippen LogP contribution in [0, 0.1) is 5.92 Å². The molecule has 8 nitrogen and oxygen atoms in total. The molecule has 0 bridgehead atoms. The Morgan fingerprint density at radius 1 is 1.25 bits per heavy atom. The number of likely N-dealkylation sites (tertiary alicyclic amines) is 1. The van der Waals surface area contributed by atoms with Crippen LogP contribution in [0.25, 0.3) is 10.2 Å². The van der Waals surface area contributed by atoms with E-state index in [1.807, 2.05) is 0 Å². The second-order valence-electron chi connectivity index (χ2n) is 8.88. The molecule has 2 amide bonds. The summed E-state index contributed by atoms with van der Waals surface area (Å²) in [5.41, 5.74) is -0.753. The molecule has 36 heavy (non-hydrogen) atoms. The molecule has 2 aliphatic heterocycles. The molecule has 2 fully saturated rings. The van der Waals surface area contributed by atoms with Gasteiger partial charge >= 0.3 is 12.3 Å². The van der Waals surface area contributed by atoms with E-state index in [2.05, 4.69) is 15.6 Å². The number of rotatable bonds is 7. The van der Waals surface area contributed by atoms with Gasteiger partial charge in [0.15, 0.2) is 0 Å². The number of anilines is 1. The monoisotopic (exact) mass is 535 g/mol. The van der Waals surface area contributed by atoms with E-state index in [1.54, 1.807) is 9.80 Å². The van der Waals surface area contributed by atoms with Gasteiger partial charge in [-0.1, -0.05) is 0 Å². The number of nitrogens with zero attached hydrogens (tertiary/aromatic N) is 3. The summed E-state index contributed by atoms with van der Waals surface area (Å²) in [6.07, 6.45) is -7.22. The van der Waals surface area contributed by atoms with Crippen molar-refractivity contribution < 1.29 is 36.3 Å². The van der Waals surface area contributed by atoms with E-state index in [9.17, 15) is 31.5 Å². The summed E-state index contributed by atoms with van der Waals surface area (Å²) in [4.78, 5) is 31.9. The number of halogens is 5. The number of alkyl halides is 5. The molecule has 0 aliphatic carbocycles. The predicted octanol–water partition coefficient (Wildman–Crippen LogP) is 3.57. The average molecular weight is 536 g/mol. The molecular weight excluding hydrogens is 509 g/mol. The zero-order valence-corrected chi connectivity index (χ0v) is 20.2. The number of nitrogens with one attached hydrogen (secondary N) is 2. The lowest BCUT2D eigenvalue weighted by atomic mass is 10.0. The van der Waals surface area contributed by atoms with Gasteiger partial charge in [-0.2, -0.15) is 13.2 Å². The van der Waals surface area contributed by atoms with Gasteiger partial charge in [0, 0.05) is 63.9 Å². The third kappa shape index (κ3) is 5.97. The molecule has 0 radical (unpaired) electrons. The van der Waals surface area contributed by atoms with E-state index in [4.69, 9.17) is 4.74 Å². The number of carbonyl (C=O) groups excluding carboxylic acids is 2. The van der Waals surface area contributed by atoms with Crippen molar-refractivity contribution in [2.24, 2.45) is 5.92 Å². The number of hydrogen-bond acceptors (Lipinski definition) is 7. The lowest BCUT2D eigenvalue weighted by Crippen LogP contribution is -2.53. The summed E-state index contributed by atoms with van der Waals surface area (Å²) < 4.78 is 71.3. The highest BCUT2D eigenvalue weighted by Crippen LogP contribution is 2.40. The minimum absolute atomic E-state index is 0.00466. The van der Waals surface area contributed by atoms with Crippen LogP contribution >= 0.6 is 11.3 Å². The van der Waals surface area contributed by atoms with Gasteiger partial charge in [-0.25, -0.2) is 18.6 Å². The van der Waals surface area contributed by atoms with E-state index in [0.717, 1.165) is 17.4 Å². The molecule has 0 atom stereocenters. The van der Waals surface area contributed by atoms with Gasteiger partial charge < -0.3 is 20.3 Å². The average Bonchev–Trinajstić information content (AvgIpc) is 3.23. The van der Waals surface area contributed by atoms with Crippen LogP contribution in [0.4, 0.5) is 32.6 Å². The van der Waals surface area contributed by atoms with Crippen molar-refractivity contribution >= 4 is 39.4 Å². The van der Waals surface area contributed by atoms with Crippen LogP contribution in [0.15, 0.2) is 11.4 Å². The Kier molecular flexibility index (Phi) is 7.83. The highest BCUT2D eigenvalue weighted by Gasteiger charge is 2.36. The maximum Gasteiger partial charge on any atom is 0.417 e. The second kappa shape index (κ2) is 10.7. The molecule has 0 spiro atoms. The number of alkyl carbamates (subject to hydrolysis) is 1. The van der Waals surface area contributed by atoms with E-state index in [1.165, 1.54) is 12.4 Å². The molecule has 0 aromatic carbocycles. The molecule has 2 N–H and O–H groups in total. The molecular formula is C22H26F5N5O3S. The quantitative estimate of drug-likeness (QED) is 0.528. The van der Waals surface area contributed by atoms with Gasteiger partial charge in [-0.3, -0.25) is 9.69 Å². The fourth-order valence-electron chi connectivity index (χ4n) is 4.44. The number of carbonyl (C=O) groups is 2. The van der Waals surface area contributed by atoms with Crippen molar-refractivity contribution in [3.8, 4) is 0 Å². The maximum absolute atomic E-state index is 13.8. The molecule has 0 saturated carbocycles. The summed E-state index contributed by atoms with van der Waals surface area (Å²) in [5, 5.41) is 6.44. The van der Waals surface area contributed by atoms with Gasteiger partial charge in [0.1, 0.15) is 11.9 Å². The Hall–Kier alpha value is -2.74. The normalized spacial score (nSPS) is 17.9. The SMILES string of the molecule is CNC(=O)c1csc2c(C(F)(F)F)cc(N3CCC(OC(=O)NCC4CN(CC(F)F)C4)CC3)nc12. The van der Waals surface area contributed by atoms with Gasteiger partial charge in [-0.05, 0) is 6.07 Å². The van der Waals surface area contributed by atoms with Crippen LogP contribution in [0.1, 0.15) is 28.8 Å². The summed E-state index contributed by atoms with van der Waals surface area (Å²) in [5.74, 6) is -0.306. The minimum atomic E-state index is -4.61. The molecule has 14 heteroatoms. The fourth-order valence-corrected chi connectivity index (χ4v) is 5.46. The largest absolute Gasteiger partial charge is 0.446 e. The summed E-state index contributed by atoms with van der Waals surface area (Å²) in [6.45, 7) is 1.68. The molecule has 2 saturated heterocycles. The lowest BCUT2D eigenvalue weighted by molar-refractivity contribution is -0.136. The van der Waals surface area contributed by atoms with Crippen molar-refractivity contribution in [2.75, 3.05) is 51.2 Å². The van der Waals surface area contributed by atoms with E-state index >= 15 is 0 Å². The van der Waals surface area contributed by atoms with Crippen LogP contribution in [-0.2, 0) is 10.9 Å². The van der Waals surface area contributed by atoms with E-state index in [-0.39, 0.29) is 34.1 Å². The zero-order chi connectivity index (χ0) is 26.0. The van der Waals surface area contributed by atoms with Crippen molar-refractivity contribution in [1.29, 1.82) is 0 Å². The second-order valence-corrected chi connectivity index (χ2v) is 9.76. The highest BCUT2D eigenvalue weighted by molar-refractivity contribution is 7.17. The fraction of sp³-hybridized carbons (Fsp3) is 0.591. The summed E-state index contributed by atoms with van der Waals surface area (Å²) in [7, 11) is 1.40. The first-order chi connectivity index (χ1) is 17.0. The van der Waals surface area contributed by atoms with E-state index < -0.39 is 36.3 Å².